The van der Waals surface area contributed by atoms with Crippen molar-refractivity contribution in [2.45, 2.75) is 17.4 Å². The second kappa shape index (κ2) is 7.81. The number of nitrogens with one attached hydrogen (secondary N) is 2. The van der Waals surface area contributed by atoms with Crippen LogP contribution in [-0.4, -0.2) is 36.9 Å². The molecule has 8 nitrogen and oxygen atoms in total. The van der Waals surface area contributed by atoms with E-state index in [2.05, 4.69) is 20.0 Å². The van der Waals surface area contributed by atoms with Crippen LogP contribution in [0.4, 0.5) is 10.2 Å². The molecule has 0 spiro atoms. The number of halogens is 1. The van der Waals surface area contributed by atoms with Gasteiger partial charge in [-0.2, -0.15) is 4.72 Å². The number of hydrogen-bond donors (Lipinski definition) is 3. The molecule has 1 saturated heterocycles. The Morgan fingerprint density at radius 1 is 1.10 bits per heavy atom. The van der Waals surface area contributed by atoms with E-state index in [1.807, 2.05) is 0 Å². The molecule has 1 atom stereocenters. The van der Waals surface area contributed by atoms with Gasteiger partial charge < -0.3 is 11.1 Å². The molecular formula is C20H18FN5O3S. The standard InChI is InChI=1S/C20H18FN5O3S/c21-15-11-12(5-6-14(15)18-19(22)24-10-9-23-18)13-3-1-2-4-17(13)30(28,29)26-16-7-8-25-20(16)27/h1-6,9-11,16,26H,7-8H2,(H2,22,24)(H,25,27)/t16-/m0/s1. The summed E-state index contributed by atoms with van der Waals surface area (Å²) in [6, 6.07) is 9.67. The quantitative estimate of drug-likeness (QED) is 0.569. The molecule has 0 bridgehead atoms. The van der Waals surface area contributed by atoms with E-state index in [0.29, 0.717) is 24.1 Å². The van der Waals surface area contributed by atoms with Gasteiger partial charge in [0, 0.05) is 30.1 Å². The van der Waals surface area contributed by atoms with Crippen LogP contribution in [0.1, 0.15) is 6.42 Å². The Hall–Kier alpha value is -3.37. The highest BCUT2D eigenvalue weighted by Crippen LogP contribution is 2.32. The molecule has 10 heteroatoms. The van der Waals surface area contributed by atoms with Gasteiger partial charge in [0.2, 0.25) is 15.9 Å². The minimum absolute atomic E-state index is 0.0455. The number of rotatable bonds is 5. The number of nitrogen functional groups attached to an aromatic ring is 1. The maximum Gasteiger partial charge on any atom is 0.241 e. The van der Waals surface area contributed by atoms with Gasteiger partial charge in [0.1, 0.15) is 23.4 Å². The highest BCUT2D eigenvalue weighted by Gasteiger charge is 2.30. The number of carbonyl (C=O) groups excluding carboxylic acids is 1. The molecular weight excluding hydrogens is 409 g/mol. The summed E-state index contributed by atoms with van der Waals surface area (Å²) in [5, 5.41) is 2.59. The zero-order valence-electron chi connectivity index (χ0n) is 15.7. The molecule has 3 aromatic rings. The predicted octanol–water partition coefficient (Wildman–Crippen LogP) is 1.70. The van der Waals surface area contributed by atoms with Crippen molar-refractivity contribution in [2.75, 3.05) is 12.3 Å². The minimum Gasteiger partial charge on any atom is -0.382 e. The predicted molar refractivity (Wildman–Crippen MR) is 109 cm³/mol. The maximum atomic E-state index is 14.9. The Bertz CT molecular complexity index is 1230. The normalized spacial score (nSPS) is 16.4. The minimum atomic E-state index is -4.01. The van der Waals surface area contributed by atoms with Crippen LogP contribution in [0.25, 0.3) is 22.4 Å². The van der Waals surface area contributed by atoms with E-state index in [9.17, 15) is 17.6 Å². The molecule has 30 heavy (non-hydrogen) atoms. The van der Waals surface area contributed by atoms with Crippen molar-refractivity contribution in [2.24, 2.45) is 0 Å². The van der Waals surface area contributed by atoms with Crippen LogP contribution in [0.5, 0.6) is 0 Å². The number of aromatic nitrogens is 2. The Morgan fingerprint density at radius 3 is 2.57 bits per heavy atom. The van der Waals surface area contributed by atoms with E-state index in [4.69, 9.17) is 5.73 Å². The Balaban J connectivity index is 1.73. The molecule has 1 amide bonds. The van der Waals surface area contributed by atoms with Crippen molar-refractivity contribution in [3.63, 3.8) is 0 Å². The third-order valence-corrected chi connectivity index (χ3v) is 6.31. The van der Waals surface area contributed by atoms with Crippen LogP contribution in [0.15, 0.2) is 59.8 Å². The fourth-order valence-electron chi connectivity index (χ4n) is 3.33. The van der Waals surface area contributed by atoms with Gasteiger partial charge in [-0.3, -0.25) is 9.78 Å². The van der Waals surface area contributed by atoms with Crippen LogP contribution >= 0.6 is 0 Å². The highest BCUT2D eigenvalue weighted by atomic mass is 32.2. The zero-order chi connectivity index (χ0) is 21.3. The Labute approximate surface area is 172 Å². The maximum absolute atomic E-state index is 14.9. The summed E-state index contributed by atoms with van der Waals surface area (Å²) in [5.41, 5.74) is 6.81. The zero-order valence-corrected chi connectivity index (χ0v) is 16.5. The summed E-state index contributed by atoms with van der Waals surface area (Å²) in [6.45, 7) is 0.409. The Kier molecular flexibility index (Phi) is 5.18. The number of anilines is 1. The van der Waals surface area contributed by atoms with E-state index >= 15 is 0 Å². The first-order valence-electron chi connectivity index (χ1n) is 9.12. The van der Waals surface area contributed by atoms with Gasteiger partial charge in [0.25, 0.3) is 0 Å². The first kappa shape index (κ1) is 19.9. The summed E-state index contributed by atoms with van der Waals surface area (Å²) in [7, 11) is -4.01. The van der Waals surface area contributed by atoms with Crippen molar-refractivity contribution < 1.29 is 17.6 Å². The number of nitrogens with zero attached hydrogens (tertiary/aromatic N) is 2. The molecule has 4 rings (SSSR count). The van der Waals surface area contributed by atoms with Crippen LogP contribution in [0.2, 0.25) is 0 Å². The average molecular weight is 427 g/mol. The molecule has 0 unspecified atom stereocenters. The van der Waals surface area contributed by atoms with E-state index in [0.717, 1.165) is 0 Å². The first-order valence-corrected chi connectivity index (χ1v) is 10.6. The van der Waals surface area contributed by atoms with Gasteiger partial charge in [-0.15, -0.1) is 0 Å². The molecule has 2 heterocycles. The van der Waals surface area contributed by atoms with E-state index in [1.165, 1.54) is 30.6 Å². The fraction of sp³-hybridized carbons (Fsp3) is 0.150. The smallest absolute Gasteiger partial charge is 0.241 e. The van der Waals surface area contributed by atoms with Gasteiger partial charge in [-0.25, -0.2) is 17.8 Å². The van der Waals surface area contributed by atoms with Crippen molar-refractivity contribution in [3.05, 3.63) is 60.7 Å². The molecule has 0 radical (unpaired) electrons. The molecule has 4 N–H and O–H groups in total. The van der Waals surface area contributed by atoms with E-state index in [-0.39, 0.29) is 27.9 Å². The van der Waals surface area contributed by atoms with Crippen molar-refractivity contribution in [3.8, 4) is 22.4 Å². The van der Waals surface area contributed by atoms with Crippen molar-refractivity contribution >= 4 is 21.7 Å². The lowest BCUT2D eigenvalue weighted by Crippen LogP contribution is -2.40. The lowest BCUT2D eigenvalue weighted by atomic mass is 10.0. The third kappa shape index (κ3) is 3.74. The second-order valence-electron chi connectivity index (χ2n) is 6.73. The lowest BCUT2D eigenvalue weighted by Gasteiger charge is -2.15. The van der Waals surface area contributed by atoms with E-state index < -0.39 is 21.9 Å². The number of nitrogens with two attached hydrogens (primary N) is 1. The monoisotopic (exact) mass is 427 g/mol. The summed E-state index contributed by atoms with van der Waals surface area (Å²) < 4.78 is 43.1. The van der Waals surface area contributed by atoms with Gasteiger partial charge in [0.05, 0.1) is 4.90 Å². The summed E-state index contributed by atoms with van der Waals surface area (Å²) in [4.78, 5) is 19.7. The van der Waals surface area contributed by atoms with Crippen LogP contribution < -0.4 is 15.8 Å². The van der Waals surface area contributed by atoms with Gasteiger partial charge in [-0.1, -0.05) is 24.3 Å². The van der Waals surface area contributed by atoms with Crippen molar-refractivity contribution in [1.29, 1.82) is 0 Å². The number of amides is 1. The second-order valence-corrected chi connectivity index (χ2v) is 8.42. The van der Waals surface area contributed by atoms with Crippen LogP contribution in [-0.2, 0) is 14.8 Å². The van der Waals surface area contributed by atoms with Gasteiger partial charge in [-0.05, 0) is 30.2 Å². The number of sulfonamides is 1. The van der Waals surface area contributed by atoms with Crippen LogP contribution in [0, 0.1) is 5.82 Å². The average Bonchev–Trinajstić information content (AvgIpc) is 3.12. The summed E-state index contributed by atoms with van der Waals surface area (Å²) >= 11 is 0. The van der Waals surface area contributed by atoms with Gasteiger partial charge in [0.15, 0.2) is 0 Å². The molecule has 1 fully saturated rings. The molecule has 1 aliphatic heterocycles. The number of hydrogen-bond acceptors (Lipinski definition) is 6. The van der Waals surface area contributed by atoms with Crippen molar-refractivity contribution in [1.82, 2.24) is 20.0 Å². The van der Waals surface area contributed by atoms with Gasteiger partial charge >= 0.3 is 0 Å². The summed E-state index contributed by atoms with van der Waals surface area (Å²) in [6.07, 6.45) is 3.18. The molecule has 0 saturated carbocycles. The Morgan fingerprint density at radius 2 is 1.87 bits per heavy atom. The SMILES string of the molecule is Nc1nccnc1-c1ccc(-c2ccccc2S(=O)(=O)N[C@H]2CCNC2=O)cc1F. The molecule has 1 aliphatic rings. The highest BCUT2D eigenvalue weighted by molar-refractivity contribution is 7.89. The third-order valence-electron chi connectivity index (χ3n) is 4.78. The summed E-state index contributed by atoms with van der Waals surface area (Å²) in [5.74, 6) is -0.894. The lowest BCUT2D eigenvalue weighted by molar-refractivity contribution is -0.120. The molecule has 0 aliphatic carbocycles. The largest absolute Gasteiger partial charge is 0.382 e. The van der Waals surface area contributed by atoms with Crippen LogP contribution in [0.3, 0.4) is 0 Å². The number of benzene rings is 2. The molecule has 1 aromatic heterocycles. The van der Waals surface area contributed by atoms with E-state index in [1.54, 1.807) is 24.3 Å². The topological polar surface area (TPSA) is 127 Å². The molecule has 154 valence electrons. The fourth-order valence-corrected chi connectivity index (χ4v) is 4.79. The first-order chi connectivity index (χ1) is 14.4. The molecule has 2 aromatic carbocycles. The number of carbonyl (C=O) groups is 1.